The SMILES string of the molecule is CN=C(NC#N)NCCCC1(c2ccccc2)SC(c2cc(F)ccc2F)=NN1C(=O)[C@@H](N)C1CC1. The smallest absolute Gasteiger partial charge is 0.261 e. The number of nitrogens with two attached hydrogens (primary N) is 1. The van der Waals surface area contributed by atoms with Gasteiger partial charge in [0.15, 0.2) is 6.19 Å². The van der Waals surface area contributed by atoms with Crippen molar-refractivity contribution < 1.29 is 13.6 Å². The third-order valence-corrected chi connectivity index (χ3v) is 7.63. The number of amides is 1. The molecule has 1 heterocycles. The number of halogens is 2. The topological polar surface area (TPSA) is 119 Å². The molecule has 0 radical (unpaired) electrons. The van der Waals surface area contributed by atoms with Gasteiger partial charge in [0.1, 0.15) is 21.5 Å². The van der Waals surface area contributed by atoms with Gasteiger partial charge in [0.2, 0.25) is 5.96 Å². The molecule has 0 spiro atoms. The van der Waals surface area contributed by atoms with Crippen LogP contribution in [-0.2, 0) is 9.67 Å². The van der Waals surface area contributed by atoms with Crippen LogP contribution in [0.5, 0.6) is 0 Å². The monoisotopic (exact) mass is 511 g/mol. The van der Waals surface area contributed by atoms with Gasteiger partial charge in [0, 0.05) is 19.2 Å². The number of hydrazone groups is 1. The second-order valence-electron chi connectivity index (χ2n) is 8.63. The molecule has 8 nitrogen and oxygen atoms in total. The van der Waals surface area contributed by atoms with E-state index < -0.39 is 22.5 Å². The number of hydrogen-bond acceptors (Lipinski definition) is 6. The van der Waals surface area contributed by atoms with E-state index in [2.05, 4.69) is 20.7 Å². The first-order valence-electron chi connectivity index (χ1n) is 11.6. The predicted molar refractivity (Wildman–Crippen MR) is 135 cm³/mol. The molecule has 11 heteroatoms. The average Bonchev–Trinajstić information content (AvgIpc) is 3.67. The van der Waals surface area contributed by atoms with Gasteiger partial charge in [0.05, 0.1) is 6.04 Å². The second kappa shape index (κ2) is 11.1. The Kier molecular flexibility index (Phi) is 7.86. The lowest BCUT2D eigenvalue weighted by Gasteiger charge is -2.37. The molecule has 1 fully saturated rings. The lowest BCUT2D eigenvalue weighted by molar-refractivity contribution is -0.136. The van der Waals surface area contributed by atoms with Crippen molar-refractivity contribution >= 4 is 28.7 Å². The van der Waals surface area contributed by atoms with Gasteiger partial charge in [-0.1, -0.05) is 42.1 Å². The van der Waals surface area contributed by atoms with E-state index in [1.807, 2.05) is 36.5 Å². The van der Waals surface area contributed by atoms with E-state index in [-0.39, 0.29) is 22.4 Å². The molecule has 1 saturated carbocycles. The lowest BCUT2D eigenvalue weighted by atomic mass is 9.99. The number of hydrogen-bond donors (Lipinski definition) is 3. The lowest BCUT2D eigenvalue weighted by Crippen LogP contribution is -2.49. The predicted octanol–water partition coefficient (Wildman–Crippen LogP) is 3.22. The quantitative estimate of drug-likeness (QED) is 0.165. The Morgan fingerprint density at radius 2 is 2.08 bits per heavy atom. The zero-order valence-corrected chi connectivity index (χ0v) is 20.6. The number of nitriles is 1. The van der Waals surface area contributed by atoms with E-state index in [1.165, 1.54) is 16.8 Å². The fourth-order valence-corrected chi connectivity index (χ4v) is 5.57. The van der Waals surface area contributed by atoms with Crippen LogP contribution in [0.25, 0.3) is 0 Å². The molecular formula is C25H27F2N7OS. The van der Waals surface area contributed by atoms with Crippen molar-refractivity contribution in [2.24, 2.45) is 21.7 Å². The molecule has 2 aliphatic rings. The molecule has 1 aliphatic heterocycles. The molecule has 4 N–H and O–H groups in total. The van der Waals surface area contributed by atoms with E-state index in [0.29, 0.717) is 25.3 Å². The fourth-order valence-electron chi connectivity index (χ4n) is 4.14. The highest BCUT2D eigenvalue weighted by Gasteiger charge is 2.51. The van der Waals surface area contributed by atoms with Crippen molar-refractivity contribution in [1.82, 2.24) is 15.6 Å². The minimum absolute atomic E-state index is 0.00709. The van der Waals surface area contributed by atoms with Crippen molar-refractivity contribution in [3.8, 4) is 6.19 Å². The number of carbonyl (C=O) groups is 1. The number of rotatable bonds is 8. The zero-order valence-electron chi connectivity index (χ0n) is 19.7. The van der Waals surface area contributed by atoms with E-state index in [9.17, 15) is 13.6 Å². The maximum absolute atomic E-state index is 14.8. The van der Waals surface area contributed by atoms with E-state index in [1.54, 1.807) is 7.05 Å². The number of nitrogens with one attached hydrogen (secondary N) is 2. The highest BCUT2D eigenvalue weighted by molar-refractivity contribution is 8.15. The molecule has 2 aromatic rings. The van der Waals surface area contributed by atoms with Crippen molar-refractivity contribution in [3.05, 3.63) is 71.3 Å². The molecule has 1 aliphatic carbocycles. The van der Waals surface area contributed by atoms with Gasteiger partial charge in [-0.25, -0.2) is 13.8 Å². The van der Waals surface area contributed by atoms with Gasteiger partial charge in [-0.05, 0) is 55.4 Å². The summed E-state index contributed by atoms with van der Waals surface area (Å²) in [6.45, 7) is 0.441. The third kappa shape index (κ3) is 5.34. The van der Waals surface area contributed by atoms with Crippen molar-refractivity contribution in [2.75, 3.05) is 13.6 Å². The molecule has 1 unspecified atom stereocenters. The molecule has 188 valence electrons. The summed E-state index contributed by atoms with van der Waals surface area (Å²) in [5.74, 6) is -1.16. The molecule has 4 rings (SSSR count). The Morgan fingerprint density at radius 3 is 2.75 bits per heavy atom. The summed E-state index contributed by atoms with van der Waals surface area (Å²) in [5, 5.41) is 20.5. The normalized spacial score (nSPS) is 20.5. The highest BCUT2D eigenvalue weighted by atomic mass is 32.2. The summed E-state index contributed by atoms with van der Waals surface area (Å²) in [7, 11) is 1.55. The van der Waals surface area contributed by atoms with E-state index in [4.69, 9.17) is 11.0 Å². The molecule has 2 aromatic carbocycles. The maximum Gasteiger partial charge on any atom is 0.261 e. The molecule has 0 bridgehead atoms. The first-order valence-corrected chi connectivity index (χ1v) is 12.4. The van der Waals surface area contributed by atoms with Gasteiger partial charge in [0.25, 0.3) is 5.91 Å². The molecule has 0 saturated heterocycles. The number of benzene rings is 2. The summed E-state index contributed by atoms with van der Waals surface area (Å²) in [6.07, 6.45) is 4.53. The van der Waals surface area contributed by atoms with Crippen LogP contribution in [0.1, 0.15) is 36.8 Å². The first kappa shape index (κ1) is 25.6. The molecule has 36 heavy (non-hydrogen) atoms. The van der Waals surface area contributed by atoms with Gasteiger partial charge in [-0.2, -0.15) is 10.4 Å². The van der Waals surface area contributed by atoms with Crippen molar-refractivity contribution in [1.29, 1.82) is 5.26 Å². The Bertz CT molecular complexity index is 1210. The molecule has 0 aromatic heterocycles. The Morgan fingerprint density at radius 1 is 1.33 bits per heavy atom. The van der Waals surface area contributed by atoms with Crippen LogP contribution < -0.4 is 16.4 Å². The summed E-state index contributed by atoms with van der Waals surface area (Å²) < 4.78 is 28.8. The molecule has 2 atom stereocenters. The minimum Gasteiger partial charge on any atom is -0.356 e. The van der Waals surface area contributed by atoms with Gasteiger partial charge < -0.3 is 11.1 Å². The van der Waals surface area contributed by atoms with Gasteiger partial charge in [-0.3, -0.25) is 15.1 Å². The maximum atomic E-state index is 14.8. The Labute approximate surface area is 212 Å². The second-order valence-corrected chi connectivity index (χ2v) is 9.90. The van der Waals surface area contributed by atoms with Crippen LogP contribution >= 0.6 is 11.8 Å². The largest absolute Gasteiger partial charge is 0.356 e. The number of thioether (sulfide) groups is 1. The standard InChI is InChI=1S/C25H27F2N7OS/c1-30-24(32-15-28)31-13-5-12-25(17-6-3-2-4-7-17)34(23(35)21(29)16-8-9-16)33-22(36-25)19-14-18(26)10-11-20(19)27/h2-4,6-7,10-11,14,16,21H,5,8-9,12-13,29H2,1H3,(H2,30,31,32)/t21-,25?/m0/s1. The molecular weight excluding hydrogens is 484 g/mol. The van der Waals surface area contributed by atoms with Crippen LogP contribution in [-0.4, -0.2) is 41.6 Å². The van der Waals surface area contributed by atoms with Crippen LogP contribution in [0, 0.1) is 29.0 Å². The first-order chi connectivity index (χ1) is 17.4. The fraction of sp³-hybridized carbons (Fsp3) is 0.360. The van der Waals surface area contributed by atoms with Crippen molar-refractivity contribution in [3.63, 3.8) is 0 Å². The number of nitrogens with zero attached hydrogens (tertiary/aromatic N) is 4. The molecule has 1 amide bonds. The Balaban J connectivity index is 1.70. The average molecular weight is 512 g/mol. The van der Waals surface area contributed by atoms with Crippen molar-refractivity contribution in [2.45, 2.75) is 36.6 Å². The summed E-state index contributed by atoms with van der Waals surface area (Å²) in [5.41, 5.74) is 7.10. The minimum atomic E-state index is -1.02. The zero-order chi connectivity index (χ0) is 25.7. The van der Waals surface area contributed by atoms with Gasteiger partial charge in [-0.15, -0.1) is 0 Å². The third-order valence-electron chi connectivity index (χ3n) is 6.19. The van der Waals surface area contributed by atoms with E-state index in [0.717, 1.165) is 36.6 Å². The van der Waals surface area contributed by atoms with Crippen LogP contribution in [0.4, 0.5) is 8.78 Å². The number of aliphatic imine (C=N–C) groups is 1. The highest BCUT2D eigenvalue weighted by Crippen LogP contribution is 2.51. The number of guanidine groups is 1. The summed E-state index contributed by atoms with van der Waals surface area (Å²) >= 11 is 1.21. The van der Waals surface area contributed by atoms with Crippen LogP contribution in [0.15, 0.2) is 58.6 Å². The van der Waals surface area contributed by atoms with Gasteiger partial charge >= 0.3 is 0 Å². The Hall–Kier alpha value is -3.49. The van der Waals surface area contributed by atoms with Crippen LogP contribution in [0.3, 0.4) is 0 Å². The number of carbonyl (C=O) groups excluding carboxylic acids is 1. The summed E-state index contributed by atoms with van der Waals surface area (Å²) in [4.78, 5) is 16.6. The summed E-state index contributed by atoms with van der Waals surface area (Å²) in [6, 6.07) is 11.8. The van der Waals surface area contributed by atoms with Crippen LogP contribution in [0.2, 0.25) is 0 Å². The van der Waals surface area contributed by atoms with E-state index >= 15 is 0 Å².